The average molecular weight is 403 g/mol. The Morgan fingerprint density at radius 2 is 1.83 bits per heavy atom. The van der Waals surface area contributed by atoms with Crippen LogP contribution in [0.5, 0.6) is 5.75 Å². The molecular weight excluding hydrogens is 387 g/mol. The van der Waals surface area contributed by atoms with Crippen LogP contribution in [0.25, 0.3) is 11.4 Å². The molecule has 4 rings (SSSR count). The molecule has 1 aromatic heterocycles. The molecule has 3 aromatic rings. The van der Waals surface area contributed by atoms with Crippen molar-refractivity contribution < 1.29 is 27.2 Å². The molecule has 29 heavy (non-hydrogen) atoms. The highest BCUT2D eigenvalue weighted by molar-refractivity contribution is 5.94. The molecule has 1 aliphatic rings. The quantitative estimate of drug-likeness (QED) is 0.658. The van der Waals surface area contributed by atoms with Crippen LogP contribution in [0.15, 0.2) is 59.1 Å². The molecule has 6 nitrogen and oxygen atoms in total. The van der Waals surface area contributed by atoms with Gasteiger partial charge in [-0.15, -0.1) is 0 Å². The fourth-order valence-corrected chi connectivity index (χ4v) is 3.10. The first-order valence-corrected chi connectivity index (χ1v) is 8.92. The molecule has 1 saturated heterocycles. The van der Waals surface area contributed by atoms with Crippen LogP contribution in [0.1, 0.15) is 22.7 Å². The van der Waals surface area contributed by atoms with Crippen molar-refractivity contribution >= 4 is 5.91 Å². The first-order chi connectivity index (χ1) is 13.9. The van der Waals surface area contributed by atoms with Crippen LogP contribution in [0.3, 0.4) is 0 Å². The van der Waals surface area contributed by atoms with Gasteiger partial charge >= 0.3 is 12.1 Å². The van der Waals surface area contributed by atoms with Crippen molar-refractivity contribution in [3.63, 3.8) is 0 Å². The predicted octanol–water partition coefficient (Wildman–Crippen LogP) is 4.05. The number of hydrogen-bond acceptors (Lipinski definition) is 5. The van der Waals surface area contributed by atoms with Crippen LogP contribution in [0.2, 0.25) is 0 Å². The zero-order valence-corrected chi connectivity index (χ0v) is 15.1. The van der Waals surface area contributed by atoms with E-state index in [1.807, 2.05) is 18.2 Å². The van der Waals surface area contributed by atoms with Crippen LogP contribution in [-0.2, 0) is 6.18 Å². The summed E-state index contributed by atoms with van der Waals surface area (Å²) in [5.41, 5.74) is 1.01. The standard InChI is InChI=1S/C20H16F3N3O3/c21-20(22,23)19-24-17(25-29-19)13-6-8-15(9-7-13)28-16-10-11-26(12-16)18(27)14-4-2-1-3-5-14/h1-9,16H,10-12H2. The van der Waals surface area contributed by atoms with E-state index in [-0.39, 0.29) is 17.8 Å². The number of aromatic nitrogens is 2. The Labute approximate surface area is 163 Å². The van der Waals surface area contributed by atoms with Gasteiger partial charge in [0.25, 0.3) is 5.91 Å². The molecule has 0 bridgehead atoms. The van der Waals surface area contributed by atoms with Crippen molar-refractivity contribution in [2.75, 3.05) is 13.1 Å². The zero-order valence-electron chi connectivity index (χ0n) is 15.1. The maximum atomic E-state index is 12.6. The minimum absolute atomic E-state index is 0.0374. The third kappa shape index (κ3) is 4.23. The highest BCUT2D eigenvalue weighted by Gasteiger charge is 2.38. The molecule has 1 atom stereocenters. The lowest BCUT2D eigenvalue weighted by Gasteiger charge is -2.17. The molecule has 1 fully saturated rings. The second-order valence-electron chi connectivity index (χ2n) is 6.59. The van der Waals surface area contributed by atoms with Gasteiger partial charge in [-0.05, 0) is 36.4 Å². The third-order valence-electron chi connectivity index (χ3n) is 4.54. The summed E-state index contributed by atoms with van der Waals surface area (Å²) in [5, 5.41) is 3.35. The molecule has 150 valence electrons. The number of amides is 1. The fraction of sp³-hybridized carbons (Fsp3) is 0.250. The van der Waals surface area contributed by atoms with E-state index in [1.54, 1.807) is 41.3 Å². The van der Waals surface area contributed by atoms with Crippen LogP contribution < -0.4 is 4.74 Å². The van der Waals surface area contributed by atoms with E-state index in [0.29, 0.717) is 36.4 Å². The van der Waals surface area contributed by atoms with Crippen LogP contribution in [0.4, 0.5) is 13.2 Å². The van der Waals surface area contributed by atoms with E-state index in [9.17, 15) is 18.0 Å². The van der Waals surface area contributed by atoms with Crippen molar-refractivity contribution in [3.05, 3.63) is 66.1 Å². The molecule has 9 heteroatoms. The summed E-state index contributed by atoms with van der Waals surface area (Å²) < 4.78 is 47.8. The number of ether oxygens (including phenoxy) is 1. The number of likely N-dealkylation sites (tertiary alicyclic amines) is 1. The molecule has 0 aliphatic carbocycles. The van der Waals surface area contributed by atoms with Crippen molar-refractivity contribution in [3.8, 4) is 17.1 Å². The van der Waals surface area contributed by atoms with Gasteiger partial charge in [-0.25, -0.2) is 0 Å². The Morgan fingerprint density at radius 3 is 2.48 bits per heavy atom. The Hall–Kier alpha value is -3.36. The monoisotopic (exact) mass is 403 g/mol. The molecule has 0 N–H and O–H groups in total. The van der Waals surface area contributed by atoms with Crippen LogP contribution in [0, 0.1) is 0 Å². The number of hydrogen-bond donors (Lipinski definition) is 0. The number of alkyl halides is 3. The second kappa shape index (κ2) is 7.57. The number of rotatable bonds is 4. The van der Waals surface area contributed by atoms with Gasteiger partial charge in [0.15, 0.2) is 0 Å². The number of benzene rings is 2. The lowest BCUT2D eigenvalue weighted by Crippen LogP contribution is -2.30. The summed E-state index contributed by atoms with van der Waals surface area (Å²) >= 11 is 0. The fourth-order valence-electron chi connectivity index (χ4n) is 3.10. The zero-order chi connectivity index (χ0) is 20.4. The lowest BCUT2D eigenvalue weighted by molar-refractivity contribution is -0.159. The van der Waals surface area contributed by atoms with Gasteiger partial charge in [0, 0.05) is 24.1 Å². The highest BCUT2D eigenvalue weighted by Crippen LogP contribution is 2.30. The Bertz CT molecular complexity index is 987. The van der Waals surface area contributed by atoms with Gasteiger partial charge in [-0.3, -0.25) is 4.79 Å². The first kappa shape index (κ1) is 19.0. The number of carbonyl (C=O) groups is 1. The van der Waals surface area contributed by atoms with Gasteiger partial charge < -0.3 is 14.2 Å². The maximum Gasteiger partial charge on any atom is 0.471 e. The Balaban J connectivity index is 1.37. The molecule has 1 aliphatic heterocycles. The van der Waals surface area contributed by atoms with E-state index in [0.717, 1.165) is 0 Å². The van der Waals surface area contributed by atoms with E-state index in [1.165, 1.54) is 0 Å². The lowest BCUT2D eigenvalue weighted by atomic mass is 10.2. The molecule has 0 saturated carbocycles. The van der Waals surface area contributed by atoms with Crippen LogP contribution in [-0.4, -0.2) is 40.1 Å². The van der Waals surface area contributed by atoms with Gasteiger partial charge in [0.05, 0.1) is 6.54 Å². The summed E-state index contributed by atoms with van der Waals surface area (Å²) in [6, 6.07) is 15.4. The van der Waals surface area contributed by atoms with E-state index >= 15 is 0 Å². The molecular formula is C20H16F3N3O3. The molecule has 2 heterocycles. The summed E-state index contributed by atoms with van der Waals surface area (Å²) in [6.45, 7) is 1.06. The van der Waals surface area contributed by atoms with Gasteiger partial charge in [0.1, 0.15) is 11.9 Å². The molecule has 2 aromatic carbocycles. The summed E-state index contributed by atoms with van der Waals surface area (Å²) in [7, 11) is 0. The Kier molecular flexibility index (Phi) is 4.96. The van der Waals surface area contributed by atoms with Gasteiger partial charge in [-0.1, -0.05) is 23.4 Å². The maximum absolute atomic E-state index is 12.6. The number of nitrogens with zero attached hydrogens (tertiary/aromatic N) is 3. The van der Waals surface area contributed by atoms with Crippen molar-refractivity contribution in [1.29, 1.82) is 0 Å². The van der Waals surface area contributed by atoms with Gasteiger partial charge in [0.2, 0.25) is 5.82 Å². The average Bonchev–Trinajstić information content (AvgIpc) is 3.38. The van der Waals surface area contributed by atoms with E-state index < -0.39 is 12.1 Å². The third-order valence-corrected chi connectivity index (χ3v) is 4.54. The van der Waals surface area contributed by atoms with E-state index in [2.05, 4.69) is 14.7 Å². The summed E-state index contributed by atoms with van der Waals surface area (Å²) in [6.07, 6.45) is -4.14. The van der Waals surface area contributed by atoms with Crippen LogP contribution >= 0.6 is 0 Å². The molecule has 0 radical (unpaired) electrons. The summed E-state index contributed by atoms with van der Waals surface area (Å²) in [4.78, 5) is 17.6. The minimum atomic E-state index is -4.68. The van der Waals surface area contributed by atoms with Crippen molar-refractivity contribution in [2.45, 2.75) is 18.7 Å². The smallest absolute Gasteiger partial charge is 0.471 e. The van der Waals surface area contributed by atoms with Crippen molar-refractivity contribution in [1.82, 2.24) is 15.0 Å². The van der Waals surface area contributed by atoms with Crippen molar-refractivity contribution in [2.24, 2.45) is 0 Å². The normalized spacial score (nSPS) is 16.8. The Morgan fingerprint density at radius 1 is 1.10 bits per heavy atom. The van der Waals surface area contributed by atoms with Gasteiger partial charge in [-0.2, -0.15) is 18.2 Å². The number of halogens is 3. The SMILES string of the molecule is O=C(c1ccccc1)N1CCC(Oc2ccc(-c3noc(C(F)(F)F)n3)cc2)C1. The topological polar surface area (TPSA) is 68.5 Å². The molecule has 0 spiro atoms. The first-order valence-electron chi connectivity index (χ1n) is 8.92. The van der Waals surface area contributed by atoms with E-state index in [4.69, 9.17) is 4.74 Å². The number of carbonyl (C=O) groups excluding carboxylic acids is 1. The second-order valence-corrected chi connectivity index (χ2v) is 6.59. The largest absolute Gasteiger partial charge is 0.489 e. The minimum Gasteiger partial charge on any atom is -0.489 e. The highest BCUT2D eigenvalue weighted by atomic mass is 19.4. The molecule has 1 unspecified atom stereocenters. The molecule has 1 amide bonds. The summed E-state index contributed by atoms with van der Waals surface area (Å²) in [5.74, 6) is -1.02. The predicted molar refractivity (Wildman–Crippen MR) is 96.1 cm³/mol.